The largest absolute Gasteiger partial charge is 0.378 e. The molecule has 1 fully saturated rings. The fourth-order valence-electron chi connectivity index (χ4n) is 2.32. The molecule has 0 heterocycles. The number of anilines is 1. The molecule has 0 radical (unpaired) electrons. The predicted molar refractivity (Wildman–Crippen MR) is 84.7 cm³/mol. The van der Waals surface area contributed by atoms with E-state index in [2.05, 4.69) is 82.5 Å². The van der Waals surface area contributed by atoms with Crippen LogP contribution in [0.25, 0.3) is 0 Å². The Morgan fingerprint density at radius 2 is 1.78 bits per heavy atom. The second kappa shape index (κ2) is 5.31. The predicted octanol–water partition coefficient (Wildman–Crippen LogP) is 4.85. The van der Waals surface area contributed by atoms with Crippen molar-refractivity contribution in [3.8, 4) is 0 Å². The molecular weight excluding hydrogens is 333 g/mol. The third-order valence-corrected chi connectivity index (χ3v) is 4.07. The molecule has 92 valence electrons. The molecule has 3 rings (SSSR count). The SMILES string of the molecule is Ic1cccc(NC(c2ccccc2)C2CC2)c1. The fraction of sp³-hybridized carbons (Fsp3) is 0.250. The van der Waals surface area contributed by atoms with E-state index >= 15 is 0 Å². The summed E-state index contributed by atoms with van der Waals surface area (Å²) in [5.74, 6) is 0.797. The van der Waals surface area contributed by atoms with Gasteiger partial charge in [-0.05, 0) is 65.1 Å². The van der Waals surface area contributed by atoms with E-state index in [1.54, 1.807) is 0 Å². The van der Waals surface area contributed by atoms with Crippen LogP contribution in [0.2, 0.25) is 0 Å². The fourth-order valence-corrected chi connectivity index (χ4v) is 2.86. The van der Waals surface area contributed by atoms with Gasteiger partial charge in [0.05, 0.1) is 6.04 Å². The average molecular weight is 349 g/mol. The summed E-state index contributed by atoms with van der Waals surface area (Å²) in [6, 6.07) is 19.8. The minimum atomic E-state index is 0.462. The Balaban J connectivity index is 1.83. The smallest absolute Gasteiger partial charge is 0.0542 e. The van der Waals surface area contributed by atoms with Crippen molar-refractivity contribution >= 4 is 28.3 Å². The van der Waals surface area contributed by atoms with Crippen LogP contribution in [-0.4, -0.2) is 0 Å². The molecule has 18 heavy (non-hydrogen) atoms. The molecule has 1 unspecified atom stereocenters. The van der Waals surface area contributed by atoms with Gasteiger partial charge in [0, 0.05) is 9.26 Å². The maximum Gasteiger partial charge on any atom is 0.0542 e. The first-order valence-electron chi connectivity index (χ1n) is 6.40. The van der Waals surface area contributed by atoms with Crippen molar-refractivity contribution in [1.29, 1.82) is 0 Å². The molecule has 0 aliphatic heterocycles. The molecule has 0 saturated heterocycles. The van der Waals surface area contributed by atoms with Gasteiger partial charge in [0.1, 0.15) is 0 Å². The van der Waals surface area contributed by atoms with Crippen LogP contribution in [0.15, 0.2) is 54.6 Å². The van der Waals surface area contributed by atoms with E-state index in [0.717, 1.165) is 5.92 Å². The summed E-state index contributed by atoms with van der Waals surface area (Å²) in [6.45, 7) is 0. The Morgan fingerprint density at radius 3 is 2.44 bits per heavy atom. The molecule has 1 aliphatic rings. The van der Waals surface area contributed by atoms with Crippen molar-refractivity contribution in [3.05, 3.63) is 63.7 Å². The van der Waals surface area contributed by atoms with Crippen molar-refractivity contribution in [2.45, 2.75) is 18.9 Å². The molecule has 0 aromatic heterocycles. The molecule has 1 atom stereocenters. The van der Waals surface area contributed by atoms with Crippen molar-refractivity contribution in [2.75, 3.05) is 5.32 Å². The van der Waals surface area contributed by atoms with E-state index in [9.17, 15) is 0 Å². The van der Waals surface area contributed by atoms with Crippen molar-refractivity contribution in [1.82, 2.24) is 0 Å². The summed E-state index contributed by atoms with van der Waals surface area (Å²) in [7, 11) is 0. The van der Waals surface area contributed by atoms with E-state index in [1.807, 2.05) is 0 Å². The number of hydrogen-bond acceptors (Lipinski definition) is 1. The highest BCUT2D eigenvalue weighted by atomic mass is 127. The topological polar surface area (TPSA) is 12.0 Å². The average Bonchev–Trinajstić information content (AvgIpc) is 3.21. The lowest BCUT2D eigenvalue weighted by Gasteiger charge is -2.20. The number of hydrogen-bond donors (Lipinski definition) is 1. The third kappa shape index (κ3) is 2.86. The maximum absolute atomic E-state index is 3.69. The molecule has 2 heteroatoms. The lowest BCUT2D eigenvalue weighted by atomic mass is 10.0. The van der Waals surface area contributed by atoms with Gasteiger partial charge >= 0.3 is 0 Å². The molecule has 2 aromatic rings. The third-order valence-electron chi connectivity index (χ3n) is 3.40. The van der Waals surface area contributed by atoms with Crippen LogP contribution in [0.5, 0.6) is 0 Å². The van der Waals surface area contributed by atoms with Crippen LogP contribution in [0, 0.1) is 9.49 Å². The van der Waals surface area contributed by atoms with Crippen molar-refractivity contribution in [2.24, 2.45) is 5.92 Å². The highest BCUT2D eigenvalue weighted by molar-refractivity contribution is 14.1. The first kappa shape index (κ1) is 12.0. The number of rotatable bonds is 4. The first-order chi connectivity index (χ1) is 8.83. The number of halogens is 1. The summed E-state index contributed by atoms with van der Waals surface area (Å²) in [5.41, 5.74) is 2.63. The molecule has 1 aliphatic carbocycles. The summed E-state index contributed by atoms with van der Waals surface area (Å²) < 4.78 is 1.28. The monoisotopic (exact) mass is 349 g/mol. The normalized spacial score (nSPS) is 16.3. The highest BCUT2D eigenvalue weighted by Crippen LogP contribution is 2.42. The van der Waals surface area contributed by atoms with Gasteiger partial charge in [0.25, 0.3) is 0 Å². The van der Waals surface area contributed by atoms with E-state index in [-0.39, 0.29) is 0 Å². The van der Waals surface area contributed by atoms with Gasteiger partial charge in [-0.3, -0.25) is 0 Å². The second-order valence-electron chi connectivity index (χ2n) is 4.88. The van der Waals surface area contributed by atoms with Gasteiger partial charge in [-0.2, -0.15) is 0 Å². The zero-order valence-electron chi connectivity index (χ0n) is 10.1. The summed E-state index contributed by atoms with van der Waals surface area (Å²) in [6.07, 6.45) is 2.69. The lowest BCUT2D eigenvalue weighted by molar-refractivity contribution is 0.679. The van der Waals surface area contributed by atoms with Crippen LogP contribution < -0.4 is 5.32 Å². The molecule has 0 spiro atoms. The Labute approximate surface area is 122 Å². The van der Waals surface area contributed by atoms with Crippen LogP contribution in [0.1, 0.15) is 24.4 Å². The zero-order valence-corrected chi connectivity index (χ0v) is 12.3. The molecule has 1 saturated carbocycles. The molecule has 1 nitrogen and oxygen atoms in total. The van der Waals surface area contributed by atoms with Crippen molar-refractivity contribution in [3.63, 3.8) is 0 Å². The van der Waals surface area contributed by atoms with E-state index in [4.69, 9.17) is 0 Å². The number of nitrogens with one attached hydrogen (secondary N) is 1. The first-order valence-corrected chi connectivity index (χ1v) is 7.48. The minimum Gasteiger partial charge on any atom is -0.378 e. The van der Waals surface area contributed by atoms with Gasteiger partial charge in [0.2, 0.25) is 0 Å². The Bertz CT molecular complexity index is 520. The van der Waals surface area contributed by atoms with Gasteiger partial charge in [-0.15, -0.1) is 0 Å². The van der Waals surface area contributed by atoms with E-state index in [0.29, 0.717) is 6.04 Å². The van der Waals surface area contributed by atoms with Gasteiger partial charge in [-0.1, -0.05) is 36.4 Å². The van der Waals surface area contributed by atoms with Gasteiger partial charge in [-0.25, -0.2) is 0 Å². The molecule has 0 amide bonds. The summed E-state index contributed by atoms with van der Waals surface area (Å²) in [5, 5.41) is 3.69. The number of benzene rings is 2. The Hall–Kier alpha value is -1.03. The van der Waals surface area contributed by atoms with Crippen LogP contribution in [-0.2, 0) is 0 Å². The lowest BCUT2D eigenvalue weighted by Crippen LogP contribution is -2.12. The Morgan fingerprint density at radius 1 is 1.00 bits per heavy atom. The highest BCUT2D eigenvalue weighted by Gasteiger charge is 2.32. The molecule has 2 aromatic carbocycles. The molecule has 0 bridgehead atoms. The van der Waals surface area contributed by atoms with Crippen LogP contribution >= 0.6 is 22.6 Å². The second-order valence-corrected chi connectivity index (χ2v) is 6.13. The maximum atomic E-state index is 3.69. The Kier molecular flexibility index (Phi) is 3.55. The minimum absolute atomic E-state index is 0.462. The van der Waals surface area contributed by atoms with Gasteiger partial charge < -0.3 is 5.32 Å². The van der Waals surface area contributed by atoms with Crippen LogP contribution in [0.3, 0.4) is 0 Å². The standard InChI is InChI=1S/C16H16IN/c17-14-7-4-8-15(11-14)18-16(13-9-10-13)12-5-2-1-3-6-12/h1-8,11,13,16,18H,9-10H2. The van der Waals surface area contributed by atoms with E-state index in [1.165, 1.54) is 27.7 Å². The van der Waals surface area contributed by atoms with Crippen molar-refractivity contribution < 1.29 is 0 Å². The zero-order chi connectivity index (χ0) is 12.4. The molecular formula is C16H16IN. The summed E-state index contributed by atoms with van der Waals surface area (Å²) >= 11 is 2.36. The van der Waals surface area contributed by atoms with Gasteiger partial charge in [0.15, 0.2) is 0 Å². The quantitative estimate of drug-likeness (QED) is 0.778. The summed E-state index contributed by atoms with van der Waals surface area (Å²) in [4.78, 5) is 0. The van der Waals surface area contributed by atoms with Crippen LogP contribution in [0.4, 0.5) is 5.69 Å². The van der Waals surface area contributed by atoms with E-state index < -0.39 is 0 Å². The molecule has 1 N–H and O–H groups in total.